The van der Waals surface area contributed by atoms with Crippen LogP contribution >= 0.6 is 0 Å². The zero-order chi connectivity index (χ0) is 16.3. The van der Waals surface area contributed by atoms with Gasteiger partial charge in [-0.25, -0.2) is 0 Å². The maximum Gasteiger partial charge on any atom is 0.303 e. The van der Waals surface area contributed by atoms with Gasteiger partial charge in [-0.1, -0.05) is 62.6 Å². The Hall–Kier alpha value is -1.31. The fourth-order valence-corrected chi connectivity index (χ4v) is 2.17. The van der Waals surface area contributed by atoms with E-state index in [2.05, 4.69) is 43.4 Å². The second kappa shape index (κ2) is 17.7. The van der Waals surface area contributed by atoms with E-state index in [0.29, 0.717) is 0 Å². The van der Waals surface area contributed by atoms with Crippen LogP contribution in [0.5, 0.6) is 0 Å². The summed E-state index contributed by atoms with van der Waals surface area (Å²) in [7, 11) is 0. The summed E-state index contributed by atoms with van der Waals surface area (Å²) in [6.45, 7) is 2.24. The zero-order valence-corrected chi connectivity index (χ0v) is 14.3. The first-order chi connectivity index (χ1) is 10.8. The smallest absolute Gasteiger partial charge is 0.303 e. The number of hydrogen-bond donors (Lipinski definition) is 1. The molecule has 0 aromatic rings. The summed E-state index contributed by atoms with van der Waals surface area (Å²) in [4.78, 5) is 10.3. The predicted octanol–water partition coefficient (Wildman–Crippen LogP) is 6.44. The molecule has 0 bridgehead atoms. The summed E-state index contributed by atoms with van der Waals surface area (Å²) >= 11 is 0. The lowest BCUT2D eigenvalue weighted by Crippen LogP contribution is -1.92. The van der Waals surface area contributed by atoms with E-state index in [1.165, 1.54) is 51.4 Å². The summed E-state index contributed by atoms with van der Waals surface area (Å²) in [6.07, 6.45) is 26.3. The van der Waals surface area contributed by atoms with E-state index in [4.69, 9.17) is 5.11 Å². The number of rotatable bonds is 15. The number of carbonyl (C=O) groups is 1. The zero-order valence-electron chi connectivity index (χ0n) is 14.3. The van der Waals surface area contributed by atoms with Gasteiger partial charge in [0.25, 0.3) is 0 Å². The quantitative estimate of drug-likeness (QED) is 0.215. The SMILES string of the molecule is CCCCCC=CC=CCCCCCC=CCCCC(=O)O. The van der Waals surface area contributed by atoms with Crippen molar-refractivity contribution in [2.45, 2.75) is 84.0 Å². The van der Waals surface area contributed by atoms with Crippen molar-refractivity contribution in [3.8, 4) is 0 Å². The minimum Gasteiger partial charge on any atom is -0.481 e. The molecule has 22 heavy (non-hydrogen) atoms. The Labute approximate surface area is 137 Å². The minimum absolute atomic E-state index is 0.281. The van der Waals surface area contributed by atoms with Gasteiger partial charge in [0.2, 0.25) is 0 Å². The van der Waals surface area contributed by atoms with Crippen molar-refractivity contribution in [2.24, 2.45) is 0 Å². The van der Waals surface area contributed by atoms with Crippen LogP contribution in [0.15, 0.2) is 36.5 Å². The minimum atomic E-state index is -0.697. The van der Waals surface area contributed by atoms with Crippen molar-refractivity contribution in [1.82, 2.24) is 0 Å². The molecule has 1 N–H and O–H groups in total. The Kier molecular flexibility index (Phi) is 16.7. The van der Waals surface area contributed by atoms with Gasteiger partial charge in [0.15, 0.2) is 0 Å². The molecule has 0 radical (unpaired) electrons. The van der Waals surface area contributed by atoms with Crippen LogP contribution in [-0.4, -0.2) is 11.1 Å². The third-order valence-electron chi connectivity index (χ3n) is 3.53. The van der Waals surface area contributed by atoms with Crippen molar-refractivity contribution in [3.05, 3.63) is 36.5 Å². The summed E-state index contributed by atoms with van der Waals surface area (Å²) < 4.78 is 0. The first-order valence-electron chi connectivity index (χ1n) is 8.95. The van der Waals surface area contributed by atoms with Gasteiger partial charge in [-0.3, -0.25) is 4.79 Å². The van der Waals surface area contributed by atoms with E-state index in [-0.39, 0.29) is 6.42 Å². The Morgan fingerprint density at radius 3 is 1.77 bits per heavy atom. The summed E-state index contributed by atoms with van der Waals surface area (Å²) in [6, 6.07) is 0. The molecule has 0 amide bonds. The van der Waals surface area contributed by atoms with E-state index in [1.54, 1.807) is 0 Å². The first kappa shape index (κ1) is 20.7. The fourth-order valence-electron chi connectivity index (χ4n) is 2.17. The predicted molar refractivity (Wildman–Crippen MR) is 96.1 cm³/mol. The van der Waals surface area contributed by atoms with Gasteiger partial charge in [0.05, 0.1) is 0 Å². The van der Waals surface area contributed by atoms with E-state index in [0.717, 1.165) is 19.3 Å². The topological polar surface area (TPSA) is 37.3 Å². The Morgan fingerprint density at radius 1 is 0.727 bits per heavy atom. The molecule has 2 nitrogen and oxygen atoms in total. The molecule has 0 atom stereocenters. The lowest BCUT2D eigenvalue weighted by atomic mass is 10.1. The Balaban J connectivity index is 3.25. The van der Waals surface area contributed by atoms with Gasteiger partial charge in [-0.05, 0) is 51.4 Å². The second-order valence-electron chi connectivity index (χ2n) is 5.75. The maximum atomic E-state index is 10.3. The van der Waals surface area contributed by atoms with Gasteiger partial charge < -0.3 is 5.11 Å². The molecular weight excluding hydrogens is 272 g/mol. The van der Waals surface area contributed by atoms with Crippen molar-refractivity contribution < 1.29 is 9.90 Å². The molecule has 0 aliphatic rings. The van der Waals surface area contributed by atoms with Gasteiger partial charge in [0, 0.05) is 6.42 Å². The highest BCUT2D eigenvalue weighted by Gasteiger charge is 1.93. The molecule has 0 saturated carbocycles. The second-order valence-corrected chi connectivity index (χ2v) is 5.75. The van der Waals surface area contributed by atoms with Gasteiger partial charge >= 0.3 is 5.97 Å². The largest absolute Gasteiger partial charge is 0.481 e. The first-order valence-corrected chi connectivity index (χ1v) is 8.95. The lowest BCUT2D eigenvalue weighted by Gasteiger charge is -1.95. The average molecular weight is 306 g/mol. The molecule has 0 unspecified atom stereocenters. The third-order valence-corrected chi connectivity index (χ3v) is 3.53. The number of hydrogen-bond acceptors (Lipinski definition) is 1. The molecule has 0 aromatic heterocycles. The van der Waals surface area contributed by atoms with Gasteiger partial charge in [-0.15, -0.1) is 0 Å². The van der Waals surface area contributed by atoms with Crippen LogP contribution in [0.2, 0.25) is 0 Å². The number of carboxylic acids is 1. The molecule has 2 heteroatoms. The highest BCUT2D eigenvalue weighted by atomic mass is 16.4. The molecule has 0 saturated heterocycles. The summed E-state index contributed by atoms with van der Waals surface area (Å²) in [5, 5.41) is 8.51. The third kappa shape index (κ3) is 18.7. The van der Waals surface area contributed by atoms with E-state index < -0.39 is 5.97 Å². The summed E-state index contributed by atoms with van der Waals surface area (Å²) in [5.41, 5.74) is 0. The van der Waals surface area contributed by atoms with Gasteiger partial charge in [0.1, 0.15) is 0 Å². The normalized spacial score (nSPS) is 12.0. The number of carboxylic acid groups (broad SMARTS) is 1. The molecule has 0 aliphatic carbocycles. The lowest BCUT2D eigenvalue weighted by molar-refractivity contribution is -0.137. The molecule has 0 aliphatic heterocycles. The van der Waals surface area contributed by atoms with Crippen LogP contribution < -0.4 is 0 Å². The monoisotopic (exact) mass is 306 g/mol. The Morgan fingerprint density at radius 2 is 1.23 bits per heavy atom. The molecule has 0 rings (SSSR count). The van der Waals surface area contributed by atoms with Crippen LogP contribution in [0.4, 0.5) is 0 Å². The summed E-state index contributed by atoms with van der Waals surface area (Å²) in [5.74, 6) is -0.697. The number of allylic oxidation sites excluding steroid dienone is 6. The highest BCUT2D eigenvalue weighted by molar-refractivity contribution is 5.66. The number of aliphatic carboxylic acids is 1. The average Bonchev–Trinajstić information content (AvgIpc) is 2.50. The van der Waals surface area contributed by atoms with Crippen molar-refractivity contribution in [2.75, 3.05) is 0 Å². The molecule has 126 valence electrons. The molecule has 0 fully saturated rings. The van der Waals surface area contributed by atoms with E-state index in [9.17, 15) is 4.79 Å². The molecular formula is C20H34O2. The fraction of sp³-hybridized carbons (Fsp3) is 0.650. The number of unbranched alkanes of at least 4 members (excludes halogenated alkanes) is 8. The van der Waals surface area contributed by atoms with Crippen LogP contribution in [0.25, 0.3) is 0 Å². The van der Waals surface area contributed by atoms with Crippen molar-refractivity contribution >= 4 is 5.97 Å². The van der Waals surface area contributed by atoms with Crippen LogP contribution in [0, 0.1) is 0 Å². The molecule has 0 aromatic carbocycles. The standard InChI is InChI=1S/C20H34O2/c1-2-3-4-5-6-7-8-9-10-11-12-13-14-15-16-17-18-19-20(21)22/h6-9,15-16H,2-5,10-14,17-19H2,1H3,(H,21,22). The molecule has 0 spiro atoms. The van der Waals surface area contributed by atoms with Crippen molar-refractivity contribution in [1.29, 1.82) is 0 Å². The van der Waals surface area contributed by atoms with E-state index in [1.807, 2.05) is 0 Å². The van der Waals surface area contributed by atoms with Crippen molar-refractivity contribution in [3.63, 3.8) is 0 Å². The van der Waals surface area contributed by atoms with E-state index >= 15 is 0 Å². The highest BCUT2D eigenvalue weighted by Crippen LogP contribution is 2.06. The van der Waals surface area contributed by atoms with Crippen LogP contribution in [0.3, 0.4) is 0 Å². The van der Waals surface area contributed by atoms with Crippen LogP contribution in [-0.2, 0) is 4.79 Å². The van der Waals surface area contributed by atoms with Crippen LogP contribution in [0.1, 0.15) is 84.0 Å². The molecule has 0 heterocycles. The maximum absolute atomic E-state index is 10.3. The van der Waals surface area contributed by atoms with Gasteiger partial charge in [-0.2, -0.15) is 0 Å². The Bertz CT molecular complexity index is 327.